The number of carbonyl (C=O) groups is 2. The first-order chi connectivity index (χ1) is 39.7. The van der Waals surface area contributed by atoms with Gasteiger partial charge in [0.05, 0.1) is 25.4 Å². The second-order valence-corrected chi connectivity index (χ2v) is 23.2. The summed E-state index contributed by atoms with van der Waals surface area (Å²) in [6.45, 7) is 5.74. The van der Waals surface area contributed by atoms with Crippen LogP contribution in [0.15, 0.2) is 72.9 Å². The van der Waals surface area contributed by atoms with Gasteiger partial charge in [0.15, 0.2) is 12.4 Å². The number of ether oxygens (including phenoxy) is 3. The van der Waals surface area contributed by atoms with Crippen LogP contribution in [-0.4, -0.2) is 99.6 Å². The molecule has 0 radical (unpaired) electrons. The molecule has 11 heteroatoms. The molecule has 1 amide bonds. The van der Waals surface area contributed by atoms with E-state index < -0.39 is 67.4 Å². The average molecular weight is 1140 g/mol. The second kappa shape index (κ2) is 57.5. The largest absolute Gasteiger partial charge is 0.454 e. The third-order valence-corrected chi connectivity index (χ3v) is 15.6. The number of allylic oxidation sites excluding steroid dienone is 11. The van der Waals surface area contributed by atoms with Gasteiger partial charge in [0.2, 0.25) is 5.91 Å². The molecule has 6 N–H and O–H groups in total. The predicted molar refractivity (Wildman–Crippen MR) is 338 cm³/mol. The molecule has 470 valence electrons. The number of carbonyl (C=O) groups excluding carboxylic acids is 2. The monoisotopic (exact) mass is 1140 g/mol. The van der Waals surface area contributed by atoms with Gasteiger partial charge >= 0.3 is 5.97 Å². The Morgan fingerprint density at radius 2 is 0.852 bits per heavy atom. The zero-order valence-corrected chi connectivity index (χ0v) is 52.1. The van der Waals surface area contributed by atoms with Crippen LogP contribution < -0.4 is 5.32 Å². The number of hydrogen-bond donors (Lipinski definition) is 6. The van der Waals surface area contributed by atoms with Crippen LogP contribution in [0.2, 0.25) is 0 Å². The minimum atomic E-state index is -1.62. The molecule has 0 aromatic carbocycles. The van der Waals surface area contributed by atoms with Crippen molar-refractivity contribution in [2.24, 2.45) is 0 Å². The molecule has 0 aromatic rings. The summed E-state index contributed by atoms with van der Waals surface area (Å²) in [7, 11) is 0. The summed E-state index contributed by atoms with van der Waals surface area (Å²) in [5.41, 5.74) is 0. The smallest absolute Gasteiger partial charge is 0.306 e. The van der Waals surface area contributed by atoms with Crippen LogP contribution in [0.3, 0.4) is 0 Å². The fraction of sp³-hybridized carbons (Fsp3) is 0.800. The highest BCUT2D eigenvalue weighted by atomic mass is 16.7. The normalized spacial score (nSPS) is 19.1. The third-order valence-electron chi connectivity index (χ3n) is 15.6. The van der Waals surface area contributed by atoms with E-state index in [1.165, 1.54) is 161 Å². The van der Waals surface area contributed by atoms with Gasteiger partial charge in [0.25, 0.3) is 0 Å². The first-order valence-corrected chi connectivity index (χ1v) is 33.7. The Morgan fingerprint density at radius 1 is 0.481 bits per heavy atom. The maximum Gasteiger partial charge on any atom is 0.306 e. The van der Waals surface area contributed by atoms with Crippen LogP contribution in [0, 0.1) is 0 Å². The summed E-state index contributed by atoms with van der Waals surface area (Å²) in [6, 6.07) is -1.03. The van der Waals surface area contributed by atoms with Gasteiger partial charge in [0, 0.05) is 6.42 Å². The van der Waals surface area contributed by atoms with Crippen LogP contribution in [0.5, 0.6) is 0 Å². The van der Waals surface area contributed by atoms with Crippen molar-refractivity contribution < 1.29 is 49.3 Å². The van der Waals surface area contributed by atoms with E-state index in [1.54, 1.807) is 6.08 Å². The Morgan fingerprint density at radius 3 is 1.30 bits per heavy atom. The molecule has 1 aliphatic rings. The van der Waals surface area contributed by atoms with Gasteiger partial charge in [-0.2, -0.15) is 0 Å². The second-order valence-electron chi connectivity index (χ2n) is 23.2. The van der Waals surface area contributed by atoms with Gasteiger partial charge < -0.3 is 45.1 Å². The lowest BCUT2D eigenvalue weighted by Gasteiger charge is -2.41. The van der Waals surface area contributed by atoms with Crippen molar-refractivity contribution in [3.8, 4) is 0 Å². The highest BCUT2D eigenvalue weighted by Gasteiger charge is 2.47. The lowest BCUT2D eigenvalue weighted by molar-refractivity contribution is -0.305. The van der Waals surface area contributed by atoms with Crippen LogP contribution in [0.1, 0.15) is 297 Å². The summed E-state index contributed by atoms with van der Waals surface area (Å²) >= 11 is 0. The molecule has 0 aliphatic carbocycles. The van der Waals surface area contributed by atoms with Crippen molar-refractivity contribution >= 4 is 11.9 Å². The SMILES string of the molecule is CCCCC/C=C\C/C=C\C/C=C\CCCCCCCC(O)C(=O)NC(COC1OC(CO)C(O)C(O)C1OC(=O)CCCCCCCCCCCCCCC/C=C\C/C=C\CCCCC)C(O)/C=C/CCCCCCCCCCC. The Labute approximate surface area is 496 Å². The Bertz CT molecular complexity index is 1590. The molecule has 0 bridgehead atoms. The highest BCUT2D eigenvalue weighted by molar-refractivity contribution is 5.80. The molecule has 8 atom stereocenters. The number of unbranched alkanes of at least 4 members (excludes halogenated alkanes) is 33. The number of esters is 1. The summed E-state index contributed by atoms with van der Waals surface area (Å²) in [5.74, 6) is -1.20. The maximum absolute atomic E-state index is 13.4. The van der Waals surface area contributed by atoms with E-state index in [0.717, 1.165) is 89.9 Å². The van der Waals surface area contributed by atoms with Crippen LogP contribution >= 0.6 is 0 Å². The van der Waals surface area contributed by atoms with E-state index >= 15 is 0 Å². The molecule has 1 rings (SSSR count). The van der Waals surface area contributed by atoms with Crippen LogP contribution in [-0.2, 0) is 23.8 Å². The summed E-state index contributed by atoms with van der Waals surface area (Å²) in [4.78, 5) is 26.6. The molecular weight excluding hydrogens is 1010 g/mol. The van der Waals surface area contributed by atoms with Crippen molar-refractivity contribution in [1.29, 1.82) is 0 Å². The Hall–Kier alpha value is -2.90. The molecule has 1 aliphatic heterocycles. The van der Waals surface area contributed by atoms with Gasteiger partial charge in [-0.05, 0) is 96.3 Å². The minimum absolute atomic E-state index is 0.120. The maximum atomic E-state index is 13.4. The van der Waals surface area contributed by atoms with Gasteiger partial charge in [-0.1, -0.05) is 267 Å². The first kappa shape index (κ1) is 76.1. The Balaban J connectivity index is 2.60. The van der Waals surface area contributed by atoms with Crippen molar-refractivity contribution in [3.63, 3.8) is 0 Å². The van der Waals surface area contributed by atoms with Gasteiger partial charge in [-0.25, -0.2) is 0 Å². The molecule has 1 saturated heterocycles. The number of aliphatic hydroxyl groups is 5. The van der Waals surface area contributed by atoms with E-state index in [0.29, 0.717) is 12.8 Å². The zero-order valence-electron chi connectivity index (χ0n) is 52.1. The topological polar surface area (TPSA) is 175 Å². The van der Waals surface area contributed by atoms with Crippen LogP contribution in [0.4, 0.5) is 0 Å². The fourth-order valence-corrected chi connectivity index (χ4v) is 10.2. The van der Waals surface area contributed by atoms with Gasteiger partial charge in [-0.15, -0.1) is 0 Å². The summed E-state index contributed by atoms with van der Waals surface area (Å²) < 4.78 is 17.7. The van der Waals surface area contributed by atoms with E-state index in [-0.39, 0.29) is 19.4 Å². The predicted octanol–water partition coefficient (Wildman–Crippen LogP) is 16.7. The number of hydrogen-bond acceptors (Lipinski definition) is 10. The molecule has 1 heterocycles. The van der Waals surface area contributed by atoms with Crippen molar-refractivity contribution in [1.82, 2.24) is 5.32 Å². The van der Waals surface area contributed by atoms with E-state index in [2.05, 4.69) is 86.8 Å². The number of nitrogens with one attached hydrogen (secondary N) is 1. The standard InChI is InChI=1S/C70H125NO10/c1-4-7-10-13-16-19-22-24-26-28-30-31-32-33-34-36-38-40-43-46-49-52-55-58-65(75)81-68-67(77)66(76)64(59-72)80-70(68)79-60-61(62(73)56-53-50-47-44-41-21-18-15-12-9-6-3)71-69(78)63(74)57-54-51-48-45-42-39-37-35-29-27-25-23-20-17-14-11-8-5-2/h16-17,19-20,24-27,35,37,53,56,61-64,66-68,70,72-74,76-77H,4-15,18,21-23,28-34,36,38-52,54-55,57-60H2,1-3H3,(H,71,78)/b19-16-,20-17-,26-24-,27-25-,37-35-,56-53+. The Kier molecular flexibility index (Phi) is 54.1. The summed E-state index contributed by atoms with van der Waals surface area (Å²) in [5, 5.41) is 57.1. The molecular formula is C70H125NO10. The van der Waals surface area contributed by atoms with Crippen LogP contribution in [0.25, 0.3) is 0 Å². The molecule has 0 spiro atoms. The first-order valence-electron chi connectivity index (χ1n) is 33.7. The lowest BCUT2D eigenvalue weighted by Crippen LogP contribution is -2.61. The number of amides is 1. The van der Waals surface area contributed by atoms with Crippen molar-refractivity contribution in [3.05, 3.63) is 72.9 Å². The van der Waals surface area contributed by atoms with E-state index in [4.69, 9.17) is 14.2 Å². The molecule has 8 unspecified atom stereocenters. The molecule has 11 nitrogen and oxygen atoms in total. The van der Waals surface area contributed by atoms with Crippen molar-refractivity contribution in [2.45, 2.75) is 346 Å². The van der Waals surface area contributed by atoms with Gasteiger partial charge in [-0.3, -0.25) is 9.59 Å². The lowest BCUT2D eigenvalue weighted by atomic mass is 9.99. The summed E-state index contributed by atoms with van der Waals surface area (Å²) in [6.07, 6.45) is 63.6. The van der Waals surface area contributed by atoms with E-state index in [9.17, 15) is 35.1 Å². The molecule has 81 heavy (non-hydrogen) atoms. The van der Waals surface area contributed by atoms with E-state index in [1.807, 2.05) is 6.08 Å². The molecule has 0 saturated carbocycles. The number of rotatable bonds is 57. The average Bonchev–Trinajstić information content (AvgIpc) is 3.51. The van der Waals surface area contributed by atoms with Gasteiger partial charge in [0.1, 0.15) is 24.4 Å². The quantitative estimate of drug-likeness (QED) is 0.0195. The third kappa shape index (κ3) is 45.2. The van der Waals surface area contributed by atoms with Crippen molar-refractivity contribution in [2.75, 3.05) is 13.2 Å². The molecule has 1 fully saturated rings. The zero-order chi connectivity index (χ0) is 58.9. The highest BCUT2D eigenvalue weighted by Crippen LogP contribution is 2.26. The fourth-order valence-electron chi connectivity index (χ4n) is 10.2. The molecule has 0 aromatic heterocycles. The number of aliphatic hydroxyl groups excluding tert-OH is 5. The minimum Gasteiger partial charge on any atom is -0.454 e.